The first-order chi connectivity index (χ1) is 8.24. The van der Waals surface area contributed by atoms with E-state index in [-0.39, 0.29) is 17.3 Å². The van der Waals surface area contributed by atoms with Crippen molar-refractivity contribution in [2.45, 2.75) is 26.2 Å². The van der Waals surface area contributed by atoms with Gasteiger partial charge in [-0.3, -0.25) is 4.79 Å². The van der Waals surface area contributed by atoms with Gasteiger partial charge in [0.1, 0.15) is 0 Å². The van der Waals surface area contributed by atoms with Gasteiger partial charge in [0.25, 0.3) is 0 Å². The molecule has 1 unspecified atom stereocenters. The average molecular weight is 242 g/mol. The van der Waals surface area contributed by atoms with Gasteiger partial charge in [0.15, 0.2) is 0 Å². The van der Waals surface area contributed by atoms with Gasteiger partial charge in [-0.2, -0.15) is 0 Å². The predicted octanol–water partition coefficient (Wildman–Crippen LogP) is 1.63. The lowest BCUT2D eigenvalue weighted by atomic mass is 9.61. The second kappa shape index (κ2) is 5.36. The number of methoxy groups -OCH3 is 1. The van der Waals surface area contributed by atoms with Crippen molar-refractivity contribution in [3.05, 3.63) is 0 Å². The normalized spacial score (nSPS) is 26.0. The minimum absolute atomic E-state index is 0.00558. The Bertz CT molecular complexity index is 267. The molecule has 0 amide bonds. The Hall–Kier alpha value is -0.610. The van der Waals surface area contributed by atoms with Gasteiger partial charge in [-0.25, -0.2) is 0 Å². The van der Waals surface area contributed by atoms with Gasteiger partial charge in [0.2, 0.25) is 0 Å². The molecule has 2 rings (SSSR count). The first kappa shape index (κ1) is 12.8. The zero-order chi connectivity index (χ0) is 12.3. The molecule has 2 aliphatic rings. The van der Waals surface area contributed by atoms with Crippen molar-refractivity contribution < 1.29 is 19.0 Å². The molecule has 17 heavy (non-hydrogen) atoms. The van der Waals surface area contributed by atoms with Crippen LogP contribution < -0.4 is 0 Å². The van der Waals surface area contributed by atoms with Gasteiger partial charge in [-0.1, -0.05) is 6.92 Å². The van der Waals surface area contributed by atoms with E-state index >= 15 is 0 Å². The summed E-state index contributed by atoms with van der Waals surface area (Å²) >= 11 is 0. The molecule has 2 heterocycles. The molecule has 4 nitrogen and oxygen atoms in total. The van der Waals surface area contributed by atoms with E-state index in [0.717, 1.165) is 32.5 Å². The third-order valence-electron chi connectivity index (χ3n) is 4.36. The average Bonchev–Trinajstić information content (AvgIpc) is 2.33. The van der Waals surface area contributed by atoms with Crippen LogP contribution in [0.4, 0.5) is 0 Å². The van der Waals surface area contributed by atoms with Crippen LogP contribution >= 0.6 is 0 Å². The highest BCUT2D eigenvalue weighted by atomic mass is 16.5. The first-order valence-electron chi connectivity index (χ1n) is 6.48. The largest absolute Gasteiger partial charge is 0.469 e. The predicted molar refractivity (Wildman–Crippen MR) is 62.6 cm³/mol. The van der Waals surface area contributed by atoms with Crippen molar-refractivity contribution >= 4 is 5.97 Å². The number of carbonyl (C=O) groups is 1. The summed E-state index contributed by atoms with van der Waals surface area (Å²) in [7, 11) is 1.47. The zero-order valence-corrected chi connectivity index (χ0v) is 10.7. The standard InChI is InChI=1S/C13H22O4/c1-3-11(12(14)15-2)13(8-17-9-13)10-4-6-16-7-5-10/h10-11H,3-9H2,1-2H3. The van der Waals surface area contributed by atoms with Crippen molar-refractivity contribution in [2.24, 2.45) is 17.3 Å². The second-order valence-electron chi connectivity index (χ2n) is 5.10. The van der Waals surface area contributed by atoms with E-state index in [9.17, 15) is 4.79 Å². The van der Waals surface area contributed by atoms with E-state index < -0.39 is 0 Å². The highest BCUT2D eigenvalue weighted by Gasteiger charge is 2.53. The van der Waals surface area contributed by atoms with Gasteiger partial charge in [-0.05, 0) is 25.2 Å². The van der Waals surface area contributed by atoms with Crippen LogP contribution in [0.15, 0.2) is 0 Å². The lowest BCUT2D eigenvalue weighted by molar-refractivity contribution is -0.205. The Morgan fingerprint density at radius 2 is 2.00 bits per heavy atom. The molecule has 0 aromatic heterocycles. The van der Waals surface area contributed by atoms with Gasteiger partial charge < -0.3 is 14.2 Å². The van der Waals surface area contributed by atoms with Crippen molar-refractivity contribution in [2.75, 3.05) is 33.5 Å². The third kappa shape index (κ3) is 2.20. The maximum Gasteiger partial charge on any atom is 0.309 e. The fourth-order valence-corrected chi connectivity index (χ4v) is 3.28. The highest BCUT2D eigenvalue weighted by molar-refractivity contribution is 5.73. The van der Waals surface area contributed by atoms with E-state index in [0.29, 0.717) is 19.1 Å². The molecule has 0 spiro atoms. The van der Waals surface area contributed by atoms with Gasteiger partial charge in [0.05, 0.1) is 26.2 Å². The summed E-state index contributed by atoms with van der Waals surface area (Å²) in [5.41, 5.74) is 0.00558. The van der Waals surface area contributed by atoms with Gasteiger partial charge >= 0.3 is 5.97 Å². The Kier molecular flexibility index (Phi) is 4.05. The summed E-state index contributed by atoms with van der Waals surface area (Å²) in [6, 6.07) is 0. The van der Waals surface area contributed by atoms with Crippen molar-refractivity contribution in [3.8, 4) is 0 Å². The van der Waals surface area contributed by atoms with Crippen LogP contribution in [0.3, 0.4) is 0 Å². The SMILES string of the molecule is CCC(C(=O)OC)C1(C2CCOCC2)COC1. The van der Waals surface area contributed by atoms with Gasteiger partial charge in [0, 0.05) is 18.6 Å². The van der Waals surface area contributed by atoms with Crippen LogP contribution in [0.1, 0.15) is 26.2 Å². The fraction of sp³-hybridized carbons (Fsp3) is 0.923. The highest BCUT2D eigenvalue weighted by Crippen LogP contribution is 2.48. The number of ether oxygens (including phenoxy) is 3. The molecule has 2 aliphatic heterocycles. The Morgan fingerprint density at radius 1 is 1.35 bits per heavy atom. The Morgan fingerprint density at radius 3 is 2.41 bits per heavy atom. The van der Waals surface area contributed by atoms with Crippen LogP contribution in [0.25, 0.3) is 0 Å². The monoisotopic (exact) mass is 242 g/mol. The molecule has 2 fully saturated rings. The van der Waals surface area contributed by atoms with Crippen molar-refractivity contribution in [1.82, 2.24) is 0 Å². The molecular weight excluding hydrogens is 220 g/mol. The second-order valence-corrected chi connectivity index (χ2v) is 5.10. The van der Waals surface area contributed by atoms with Crippen molar-refractivity contribution in [1.29, 1.82) is 0 Å². The molecule has 0 aliphatic carbocycles. The topological polar surface area (TPSA) is 44.8 Å². The molecule has 0 aromatic rings. The van der Waals surface area contributed by atoms with E-state index in [1.54, 1.807) is 0 Å². The third-order valence-corrected chi connectivity index (χ3v) is 4.36. The zero-order valence-electron chi connectivity index (χ0n) is 10.7. The lowest BCUT2D eigenvalue weighted by Gasteiger charge is -2.51. The molecule has 1 atom stereocenters. The quantitative estimate of drug-likeness (QED) is 0.703. The Balaban J connectivity index is 2.13. The summed E-state index contributed by atoms with van der Waals surface area (Å²) < 4.78 is 15.8. The summed E-state index contributed by atoms with van der Waals surface area (Å²) in [4.78, 5) is 11.9. The molecule has 98 valence electrons. The molecule has 0 N–H and O–H groups in total. The number of rotatable bonds is 4. The minimum Gasteiger partial charge on any atom is -0.469 e. The van der Waals surface area contributed by atoms with E-state index in [4.69, 9.17) is 14.2 Å². The van der Waals surface area contributed by atoms with Gasteiger partial charge in [-0.15, -0.1) is 0 Å². The molecule has 0 aromatic carbocycles. The minimum atomic E-state index is -0.0812. The van der Waals surface area contributed by atoms with Crippen LogP contribution in [0.5, 0.6) is 0 Å². The number of hydrogen-bond acceptors (Lipinski definition) is 4. The van der Waals surface area contributed by atoms with E-state index in [1.807, 2.05) is 0 Å². The molecule has 0 saturated carbocycles. The maximum absolute atomic E-state index is 11.9. The molecule has 0 bridgehead atoms. The van der Waals surface area contributed by atoms with Crippen molar-refractivity contribution in [3.63, 3.8) is 0 Å². The van der Waals surface area contributed by atoms with Crippen LogP contribution in [-0.2, 0) is 19.0 Å². The van der Waals surface area contributed by atoms with Crippen LogP contribution in [0, 0.1) is 17.3 Å². The number of hydrogen-bond donors (Lipinski definition) is 0. The summed E-state index contributed by atoms with van der Waals surface area (Å²) in [5, 5.41) is 0. The fourth-order valence-electron chi connectivity index (χ4n) is 3.28. The van der Waals surface area contributed by atoms with E-state index in [1.165, 1.54) is 7.11 Å². The lowest BCUT2D eigenvalue weighted by Crippen LogP contribution is -2.56. The number of carbonyl (C=O) groups excluding carboxylic acids is 1. The Labute approximate surface area is 103 Å². The summed E-state index contributed by atoms with van der Waals surface area (Å²) in [6.07, 6.45) is 2.90. The summed E-state index contributed by atoms with van der Waals surface area (Å²) in [5.74, 6) is 0.431. The van der Waals surface area contributed by atoms with E-state index in [2.05, 4.69) is 6.92 Å². The van der Waals surface area contributed by atoms with Crippen LogP contribution in [0.2, 0.25) is 0 Å². The maximum atomic E-state index is 11.9. The first-order valence-corrected chi connectivity index (χ1v) is 6.48. The summed E-state index contributed by atoms with van der Waals surface area (Å²) in [6.45, 7) is 5.07. The molecule has 4 heteroatoms. The smallest absolute Gasteiger partial charge is 0.309 e. The molecular formula is C13H22O4. The molecule has 0 radical (unpaired) electrons. The number of esters is 1. The van der Waals surface area contributed by atoms with Crippen LogP contribution in [-0.4, -0.2) is 39.5 Å². The molecule has 2 saturated heterocycles.